The molecule has 2 N–H and O–H groups in total. The number of para-hydroxylation sites is 1. The lowest BCUT2D eigenvalue weighted by Crippen LogP contribution is -2.48. The first-order valence-corrected chi connectivity index (χ1v) is 14.7. The van der Waals surface area contributed by atoms with Crippen LogP contribution in [0.5, 0.6) is 0 Å². The highest BCUT2D eigenvalue weighted by atomic mass is 19.1. The fraction of sp³-hybridized carbons (Fsp3) is 0.371. The van der Waals surface area contributed by atoms with E-state index < -0.39 is 40.6 Å². The lowest BCUT2D eigenvalue weighted by Gasteiger charge is -2.41. The maximum absolute atomic E-state index is 14.2. The van der Waals surface area contributed by atoms with Crippen LogP contribution in [0.15, 0.2) is 54.7 Å². The number of H-pyrrole nitrogens is 1. The highest BCUT2D eigenvalue weighted by Crippen LogP contribution is 2.45. The number of rotatable bonds is 7. The summed E-state index contributed by atoms with van der Waals surface area (Å²) in [6, 6.07) is 13.1. The zero-order chi connectivity index (χ0) is 32.1. The number of carboxylic acid groups (broad SMARTS) is 1. The number of carbonyl (C=O) groups is 3. The number of benzene rings is 2. The monoisotopic (exact) mass is 599 g/mol. The number of nitrogens with zero attached hydrogens (tertiary/aromatic N) is 2. The number of halogens is 1. The zero-order valence-electron chi connectivity index (χ0n) is 26.1. The standard InChI is InChI=1S/C35H38FN3O5/c1-19(2)28-27(30(33(42)43)44-34(3,4)5)26(20-12-14-21(36)15-13-20)24-17-39(18-35(6,7)31(24)38-28)32(41)29(40)23-16-37-25-11-9-8-10-22(23)25/h8-16,19,30,37H,17-18H2,1-7H3,(H,42,43). The molecule has 0 saturated carbocycles. The molecule has 3 heterocycles. The van der Waals surface area contributed by atoms with E-state index in [0.717, 1.165) is 5.52 Å². The first-order valence-electron chi connectivity index (χ1n) is 14.7. The Morgan fingerprint density at radius 2 is 1.73 bits per heavy atom. The number of amides is 1. The van der Waals surface area contributed by atoms with Crippen LogP contribution in [0.25, 0.3) is 22.0 Å². The van der Waals surface area contributed by atoms with Gasteiger partial charge in [0.1, 0.15) is 5.82 Å². The molecule has 1 atom stereocenters. The Kier molecular flexibility index (Phi) is 7.97. The van der Waals surface area contributed by atoms with Crippen LogP contribution in [0.1, 0.15) is 93.4 Å². The molecule has 1 unspecified atom stereocenters. The summed E-state index contributed by atoms with van der Waals surface area (Å²) in [7, 11) is 0. The van der Waals surface area contributed by atoms with E-state index in [0.29, 0.717) is 39.0 Å². The number of hydrogen-bond acceptors (Lipinski definition) is 5. The minimum Gasteiger partial charge on any atom is -0.479 e. The van der Waals surface area contributed by atoms with E-state index in [4.69, 9.17) is 9.72 Å². The highest BCUT2D eigenvalue weighted by molar-refractivity contribution is 6.44. The van der Waals surface area contributed by atoms with Gasteiger partial charge in [0.25, 0.3) is 11.7 Å². The molecule has 4 aromatic rings. The highest BCUT2D eigenvalue weighted by Gasteiger charge is 2.42. The zero-order valence-corrected chi connectivity index (χ0v) is 26.1. The second-order valence-corrected chi connectivity index (χ2v) is 13.3. The van der Waals surface area contributed by atoms with Gasteiger partial charge in [-0.3, -0.25) is 14.6 Å². The lowest BCUT2D eigenvalue weighted by molar-refractivity contribution is -0.160. The number of aromatic nitrogens is 2. The summed E-state index contributed by atoms with van der Waals surface area (Å²) in [6.45, 7) is 13.4. The third kappa shape index (κ3) is 5.76. The molecule has 0 radical (unpaired) electrons. The van der Waals surface area contributed by atoms with Gasteiger partial charge in [-0.15, -0.1) is 0 Å². The number of ether oxygens (including phenoxy) is 1. The van der Waals surface area contributed by atoms with Crippen molar-refractivity contribution in [3.05, 3.63) is 88.6 Å². The van der Waals surface area contributed by atoms with E-state index in [-0.39, 0.29) is 24.6 Å². The average molecular weight is 600 g/mol. The number of hydrogen-bond donors (Lipinski definition) is 2. The molecule has 0 fully saturated rings. The number of aliphatic carboxylic acids is 1. The molecule has 0 aliphatic carbocycles. The van der Waals surface area contributed by atoms with E-state index in [1.54, 1.807) is 45.2 Å². The van der Waals surface area contributed by atoms with Crippen molar-refractivity contribution in [1.29, 1.82) is 0 Å². The van der Waals surface area contributed by atoms with E-state index in [1.165, 1.54) is 17.0 Å². The summed E-state index contributed by atoms with van der Waals surface area (Å²) < 4.78 is 20.3. The topological polar surface area (TPSA) is 113 Å². The normalized spacial score (nSPS) is 15.3. The average Bonchev–Trinajstić information content (AvgIpc) is 3.38. The number of fused-ring (bicyclic) bond motifs is 2. The Morgan fingerprint density at radius 1 is 1.07 bits per heavy atom. The van der Waals surface area contributed by atoms with Crippen molar-refractivity contribution in [2.24, 2.45) is 0 Å². The SMILES string of the molecule is CC(C)c1nc2c(c(-c3ccc(F)cc3)c1C(OC(C)(C)C)C(=O)O)CN(C(=O)C(=O)c1c[nH]c3ccccc13)CC2(C)C. The molecule has 1 aliphatic rings. The molecule has 44 heavy (non-hydrogen) atoms. The molecule has 230 valence electrons. The molecule has 9 heteroatoms. The fourth-order valence-electron chi connectivity index (χ4n) is 6.07. The van der Waals surface area contributed by atoms with Crippen molar-refractivity contribution >= 4 is 28.6 Å². The first kappa shape index (κ1) is 31.1. The predicted octanol–water partition coefficient (Wildman–Crippen LogP) is 6.94. The van der Waals surface area contributed by atoms with Gasteiger partial charge in [-0.05, 0) is 56.0 Å². The van der Waals surface area contributed by atoms with Gasteiger partial charge in [0.15, 0.2) is 6.10 Å². The molecule has 1 amide bonds. The molecule has 8 nitrogen and oxygen atoms in total. The summed E-state index contributed by atoms with van der Waals surface area (Å²) in [4.78, 5) is 50.0. The van der Waals surface area contributed by atoms with E-state index in [1.807, 2.05) is 45.9 Å². The second kappa shape index (κ2) is 11.3. The quantitative estimate of drug-likeness (QED) is 0.176. The Balaban J connectivity index is 1.73. The number of pyridine rings is 1. The molecular weight excluding hydrogens is 561 g/mol. The Labute approximate surface area is 256 Å². The van der Waals surface area contributed by atoms with Crippen molar-refractivity contribution in [3.8, 4) is 11.1 Å². The van der Waals surface area contributed by atoms with Crippen LogP contribution >= 0.6 is 0 Å². The minimum absolute atomic E-state index is 0.0125. The fourth-order valence-corrected chi connectivity index (χ4v) is 6.07. The van der Waals surface area contributed by atoms with E-state index in [9.17, 15) is 23.9 Å². The number of Topliss-reactive ketones (excluding diaryl/α,β-unsaturated/α-hetero) is 1. The summed E-state index contributed by atoms with van der Waals surface area (Å²) in [6.07, 6.45) is 0.153. The van der Waals surface area contributed by atoms with Crippen LogP contribution in [0, 0.1) is 5.82 Å². The molecule has 0 bridgehead atoms. The third-order valence-corrected chi connectivity index (χ3v) is 7.89. The van der Waals surface area contributed by atoms with Gasteiger partial charge < -0.3 is 19.7 Å². The van der Waals surface area contributed by atoms with Crippen LogP contribution in [-0.4, -0.2) is 49.8 Å². The lowest BCUT2D eigenvalue weighted by atomic mass is 9.76. The van der Waals surface area contributed by atoms with Crippen molar-refractivity contribution < 1.29 is 28.6 Å². The number of ketones is 1. The predicted molar refractivity (Wildman–Crippen MR) is 166 cm³/mol. The Hall–Kier alpha value is -4.37. The van der Waals surface area contributed by atoms with Crippen LogP contribution in [0.3, 0.4) is 0 Å². The molecule has 2 aromatic carbocycles. The van der Waals surface area contributed by atoms with Gasteiger partial charge in [0, 0.05) is 46.7 Å². The molecule has 0 spiro atoms. The van der Waals surface area contributed by atoms with Crippen molar-refractivity contribution in [2.45, 2.75) is 78.0 Å². The van der Waals surface area contributed by atoms with E-state index in [2.05, 4.69) is 4.98 Å². The number of carbonyl (C=O) groups excluding carboxylic acids is 2. The smallest absolute Gasteiger partial charge is 0.337 e. The molecule has 5 rings (SSSR count). The summed E-state index contributed by atoms with van der Waals surface area (Å²) in [5, 5.41) is 11.2. The largest absolute Gasteiger partial charge is 0.479 e. The molecule has 1 aliphatic heterocycles. The maximum Gasteiger partial charge on any atom is 0.337 e. The second-order valence-electron chi connectivity index (χ2n) is 13.3. The van der Waals surface area contributed by atoms with Crippen molar-refractivity contribution in [3.63, 3.8) is 0 Å². The Morgan fingerprint density at radius 3 is 2.34 bits per heavy atom. The summed E-state index contributed by atoms with van der Waals surface area (Å²) in [5.41, 5.74) is 2.84. The van der Waals surface area contributed by atoms with Crippen molar-refractivity contribution in [1.82, 2.24) is 14.9 Å². The van der Waals surface area contributed by atoms with Crippen LogP contribution in [0.4, 0.5) is 4.39 Å². The Bertz CT molecular complexity index is 1770. The molecule has 2 aromatic heterocycles. The van der Waals surface area contributed by atoms with Gasteiger partial charge in [0.05, 0.1) is 22.6 Å². The number of aromatic amines is 1. The minimum atomic E-state index is -1.40. The summed E-state index contributed by atoms with van der Waals surface area (Å²) in [5.74, 6) is -3.13. The van der Waals surface area contributed by atoms with Gasteiger partial charge in [-0.1, -0.05) is 58.0 Å². The maximum atomic E-state index is 14.2. The van der Waals surface area contributed by atoms with Gasteiger partial charge in [0.2, 0.25) is 0 Å². The van der Waals surface area contributed by atoms with E-state index >= 15 is 0 Å². The van der Waals surface area contributed by atoms with Gasteiger partial charge in [-0.25, -0.2) is 9.18 Å². The van der Waals surface area contributed by atoms with Gasteiger partial charge in [-0.2, -0.15) is 0 Å². The molecule has 0 saturated heterocycles. The van der Waals surface area contributed by atoms with Gasteiger partial charge >= 0.3 is 5.97 Å². The van der Waals surface area contributed by atoms with Crippen LogP contribution in [0.2, 0.25) is 0 Å². The number of carboxylic acids is 1. The summed E-state index contributed by atoms with van der Waals surface area (Å²) >= 11 is 0. The molecular formula is C35H38FN3O5. The van der Waals surface area contributed by atoms with Crippen molar-refractivity contribution in [2.75, 3.05) is 6.54 Å². The van der Waals surface area contributed by atoms with Crippen LogP contribution in [-0.2, 0) is 26.3 Å². The third-order valence-electron chi connectivity index (χ3n) is 7.89. The number of nitrogens with one attached hydrogen (secondary N) is 1. The van der Waals surface area contributed by atoms with Crippen LogP contribution < -0.4 is 0 Å². The first-order chi connectivity index (χ1) is 20.6.